The molecule has 2 unspecified atom stereocenters. The molecule has 1 aromatic heterocycles. The molecule has 1 aliphatic rings. The van der Waals surface area contributed by atoms with E-state index in [2.05, 4.69) is 46.5 Å². The predicted octanol–water partition coefficient (Wildman–Crippen LogP) is 2.68. The molecule has 3 rings (SSSR count). The Morgan fingerprint density at radius 1 is 1.30 bits per heavy atom. The van der Waals surface area contributed by atoms with Gasteiger partial charge in [-0.15, -0.1) is 0 Å². The molecule has 5 heteroatoms. The van der Waals surface area contributed by atoms with E-state index in [1.54, 1.807) is 6.20 Å². The first-order valence-corrected chi connectivity index (χ1v) is 7.96. The second-order valence-corrected chi connectivity index (χ2v) is 5.91. The van der Waals surface area contributed by atoms with Gasteiger partial charge in [0.05, 0.1) is 12.3 Å². The molecule has 0 saturated carbocycles. The Bertz CT molecular complexity index is 643. The van der Waals surface area contributed by atoms with E-state index in [0.717, 1.165) is 19.4 Å². The third-order valence-electron chi connectivity index (χ3n) is 4.17. The maximum absolute atomic E-state index is 12.1. The fourth-order valence-electron chi connectivity index (χ4n) is 2.91. The average molecular weight is 311 g/mol. The van der Waals surface area contributed by atoms with Crippen molar-refractivity contribution < 1.29 is 9.53 Å². The molecule has 1 saturated heterocycles. The van der Waals surface area contributed by atoms with Crippen molar-refractivity contribution >= 4 is 5.91 Å². The van der Waals surface area contributed by atoms with Crippen molar-refractivity contribution in [3.63, 3.8) is 0 Å². The van der Waals surface area contributed by atoms with Gasteiger partial charge in [-0.25, -0.2) is 4.98 Å². The number of benzene rings is 1. The third-order valence-corrected chi connectivity index (χ3v) is 4.17. The highest BCUT2D eigenvalue weighted by Gasteiger charge is 2.27. The first-order valence-electron chi connectivity index (χ1n) is 7.96. The Balaban J connectivity index is 1.65. The molecule has 0 radical (unpaired) electrons. The van der Waals surface area contributed by atoms with Crippen molar-refractivity contribution in [1.29, 1.82) is 0 Å². The fraction of sp³-hybridized carbons (Fsp3) is 0.389. The molecule has 1 aromatic carbocycles. The van der Waals surface area contributed by atoms with Crippen LogP contribution in [0.4, 0.5) is 0 Å². The molecule has 1 amide bonds. The minimum Gasteiger partial charge on any atom is -0.373 e. The Kier molecular flexibility index (Phi) is 4.98. The van der Waals surface area contributed by atoms with Crippen LogP contribution in [0.25, 0.3) is 0 Å². The topological polar surface area (TPSA) is 64.1 Å². The Morgan fingerprint density at radius 2 is 2.13 bits per heavy atom. The molecular weight excluding hydrogens is 290 g/mol. The van der Waals surface area contributed by atoms with Gasteiger partial charge < -0.3 is 10.1 Å². The van der Waals surface area contributed by atoms with Gasteiger partial charge in [-0.1, -0.05) is 29.8 Å². The van der Waals surface area contributed by atoms with Gasteiger partial charge in [-0.05, 0) is 25.3 Å². The Labute approximate surface area is 136 Å². The summed E-state index contributed by atoms with van der Waals surface area (Å²) in [5.41, 5.74) is 2.75. The number of ether oxygens (including phenoxy) is 1. The smallest absolute Gasteiger partial charge is 0.271 e. The number of carbonyl (C=O) groups excluding carboxylic acids is 1. The Hall–Kier alpha value is -2.27. The van der Waals surface area contributed by atoms with Crippen LogP contribution in [-0.2, 0) is 4.74 Å². The minimum absolute atomic E-state index is 0.0338. The van der Waals surface area contributed by atoms with Crippen molar-refractivity contribution in [2.24, 2.45) is 5.92 Å². The van der Waals surface area contributed by atoms with E-state index in [-0.39, 0.29) is 17.9 Å². The number of nitrogens with one attached hydrogen (secondary N) is 1. The largest absolute Gasteiger partial charge is 0.373 e. The molecule has 5 nitrogen and oxygen atoms in total. The maximum atomic E-state index is 12.1. The molecule has 0 spiro atoms. The molecule has 1 aliphatic heterocycles. The van der Waals surface area contributed by atoms with Gasteiger partial charge in [0, 0.05) is 31.5 Å². The lowest BCUT2D eigenvalue weighted by Gasteiger charge is -2.32. The number of aryl methyl sites for hydroxylation is 1. The lowest BCUT2D eigenvalue weighted by atomic mass is 9.89. The second-order valence-electron chi connectivity index (χ2n) is 5.91. The second kappa shape index (κ2) is 7.33. The lowest BCUT2D eigenvalue weighted by Crippen LogP contribution is -2.35. The number of amides is 1. The van der Waals surface area contributed by atoms with Crippen LogP contribution in [0.1, 0.15) is 40.6 Å². The summed E-state index contributed by atoms with van der Waals surface area (Å²) in [7, 11) is 0. The van der Waals surface area contributed by atoms with Crippen LogP contribution in [0.15, 0.2) is 42.9 Å². The SMILES string of the molecule is Cc1ccc(C2OCCCC2CNC(=O)c2cnccn2)cc1. The average Bonchev–Trinajstić information content (AvgIpc) is 2.61. The van der Waals surface area contributed by atoms with E-state index in [1.165, 1.54) is 23.5 Å². The minimum atomic E-state index is -0.189. The molecule has 2 aromatic rings. The molecular formula is C18H21N3O2. The first kappa shape index (κ1) is 15.6. The molecule has 0 aliphatic carbocycles. The summed E-state index contributed by atoms with van der Waals surface area (Å²) in [5.74, 6) is 0.0819. The van der Waals surface area contributed by atoms with Crippen LogP contribution < -0.4 is 5.32 Å². The Morgan fingerprint density at radius 3 is 2.87 bits per heavy atom. The predicted molar refractivity (Wildman–Crippen MR) is 87.0 cm³/mol. The monoisotopic (exact) mass is 311 g/mol. The highest BCUT2D eigenvalue weighted by atomic mass is 16.5. The number of aromatic nitrogens is 2. The highest BCUT2D eigenvalue weighted by molar-refractivity contribution is 5.91. The zero-order valence-electron chi connectivity index (χ0n) is 13.2. The number of rotatable bonds is 4. The number of hydrogen-bond donors (Lipinski definition) is 1. The van der Waals surface area contributed by atoms with Gasteiger partial charge in [0.2, 0.25) is 0 Å². The van der Waals surface area contributed by atoms with Gasteiger partial charge in [-0.2, -0.15) is 0 Å². The van der Waals surface area contributed by atoms with Crippen LogP contribution in [-0.4, -0.2) is 29.0 Å². The zero-order chi connectivity index (χ0) is 16.1. The summed E-state index contributed by atoms with van der Waals surface area (Å²) in [4.78, 5) is 20.1. The van der Waals surface area contributed by atoms with Gasteiger partial charge in [0.25, 0.3) is 5.91 Å². The lowest BCUT2D eigenvalue weighted by molar-refractivity contribution is -0.0272. The fourth-order valence-corrected chi connectivity index (χ4v) is 2.91. The normalized spacial score (nSPS) is 20.9. The quantitative estimate of drug-likeness (QED) is 0.943. The molecule has 1 fully saturated rings. The van der Waals surface area contributed by atoms with Crippen LogP contribution in [0.5, 0.6) is 0 Å². The van der Waals surface area contributed by atoms with E-state index in [0.29, 0.717) is 12.2 Å². The summed E-state index contributed by atoms with van der Waals surface area (Å²) in [6, 6.07) is 8.43. The standard InChI is InChI=1S/C18H21N3O2/c1-13-4-6-14(7-5-13)17-15(3-2-10-23-17)11-21-18(22)16-12-19-8-9-20-16/h4-9,12,15,17H,2-3,10-11H2,1H3,(H,21,22). The number of nitrogens with zero attached hydrogens (tertiary/aromatic N) is 2. The van der Waals surface area contributed by atoms with Crippen molar-refractivity contribution in [1.82, 2.24) is 15.3 Å². The molecule has 120 valence electrons. The van der Waals surface area contributed by atoms with Crippen molar-refractivity contribution in [3.05, 3.63) is 59.7 Å². The van der Waals surface area contributed by atoms with Gasteiger partial charge in [0.15, 0.2) is 0 Å². The van der Waals surface area contributed by atoms with Crippen LogP contribution in [0.2, 0.25) is 0 Å². The van der Waals surface area contributed by atoms with Gasteiger partial charge in [-0.3, -0.25) is 9.78 Å². The van der Waals surface area contributed by atoms with Crippen molar-refractivity contribution in [3.8, 4) is 0 Å². The number of carbonyl (C=O) groups is 1. The summed E-state index contributed by atoms with van der Waals surface area (Å²) < 4.78 is 5.98. The molecule has 1 N–H and O–H groups in total. The molecule has 2 atom stereocenters. The van der Waals surface area contributed by atoms with Crippen LogP contribution in [0.3, 0.4) is 0 Å². The molecule has 23 heavy (non-hydrogen) atoms. The summed E-state index contributed by atoms with van der Waals surface area (Å²) in [6.07, 6.45) is 6.65. The van der Waals surface area contributed by atoms with E-state index in [9.17, 15) is 4.79 Å². The van der Waals surface area contributed by atoms with Crippen molar-refractivity contribution in [2.45, 2.75) is 25.9 Å². The van der Waals surface area contributed by atoms with E-state index >= 15 is 0 Å². The molecule has 2 heterocycles. The summed E-state index contributed by atoms with van der Waals surface area (Å²) >= 11 is 0. The van der Waals surface area contributed by atoms with Crippen LogP contribution >= 0.6 is 0 Å². The number of hydrogen-bond acceptors (Lipinski definition) is 4. The first-order chi connectivity index (χ1) is 11.2. The summed E-state index contributed by atoms with van der Waals surface area (Å²) in [5, 5.41) is 2.96. The van der Waals surface area contributed by atoms with Gasteiger partial charge >= 0.3 is 0 Å². The van der Waals surface area contributed by atoms with E-state index < -0.39 is 0 Å². The highest BCUT2D eigenvalue weighted by Crippen LogP contribution is 2.33. The summed E-state index contributed by atoms with van der Waals surface area (Å²) in [6.45, 7) is 3.42. The third kappa shape index (κ3) is 3.93. The van der Waals surface area contributed by atoms with E-state index in [4.69, 9.17) is 4.74 Å². The van der Waals surface area contributed by atoms with Gasteiger partial charge in [0.1, 0.15) is 5.69 Å². The maximum Gasteiger partial charge on any atom is 0.271 e. The van der Waals surface area contributed by atoms with Crippen LogP contribution in [0, 0.1) is 12.8 Å². The van der Waals surface area contributed by atoms with E-state index in [1.807, 2.05) is 0 Å². The zero-order valence-corrected chi connectivity index (χ0v) is 13.2. The molecule has 0 bridgehead atoms. The van der Waals surface area contributed by atoms with Crippen molar-refractivity contribution in [2.75, 3.05) is 13.2 Å².